The highest BCUT2D eigenvalue weighted by molar-refractivity contribution is 5.96. The van der Waals surface area contributed by atoms with Gasteiger partial charge in [0.25, 0.3) is 5.91 Å². The van der Waals surface area contributed by atoms with Crippen molar-refractivity contribution in [3.8, 4) is 5.75 Å². The van der Waals surface area contributed by atoms with Gasteiger partial charge in [0, 0.05) is 30.3 Å². The zero-order valence-electron chi connectivity index (χ0n) is 16.2. The number of Topliss-reactive ketones (excluding diaryl/α,β-unsaturated/α-hetero) is 1. The SMILES string of the molecule is CCC(=O)c1ccc(OCC(=O)OCC(=O)Nc2cccc(NC(C)=O)c2)cc1. The predicted molar refractivity (Wildman–Crippen MR) is 107 cm³/mol. The molecular formula is C21H22N2O6. The van der Waals surface area contributed by atoms with Crippen LogP contribution in [0.5, 0.6) is 5.75 Å². The summed E-state index contributed by atoms with van der Waals surface area (Å²) >= 11 is 0. The molecule has 0 radical (unpaired) electrons. The number of ether oxygens (including phenoxy) is 2. The molecule has 0 aliphatic heterocycles. The molecule has 2 amide bonds. The molecule has 0 heterocycles. The van der Waals surface area contributed by atoms with E-state index in [9.17, 15) is 19.2 Å². The number of carbonyl (C=O) groups is 4. The van der Waals surface area contributed by atoms with Crippen molar-refractivity contribution >= 4 is 34.9 Å². The van der Waals surface area contributed by atoms with E-state index in [2.05, 4.69) is 10.6 Å². The fourth-order valence-corrected chi connectivity index (χ4v) is 2.35. The summed E-state index contributed by atoms with van der Waals surface area (Å²) in [5, 5.41) is 5.17. The first-order valence-electron chi connectivity index (χ1n) is 8.96. The van der Waals surface area contributed by atoms with E-state index in [1.165, 1.54) is 6.92 Å². The van der Waals surface area contributed by atoms with Gasteiger partial charge in [0.1, 0.15) is 5.75 Å². The van der Waals surface area contributed by atoms with Crippen molar-refractivity contribution in [1.29, 1.82) is 0 Å². The number of hydrogen-bond acceptors (Lipinski definition) is 6. The lowest BCUT2D eigenvalue weighted by atomic mass is 10.1. The van der Waals surface area contributed by atoms with Gasteiger partial charge in [0.15, 0.2) is 19.0 Å². The summed E-state index contributed by atoms with van der Waals surface area (Å²) in [4.78, 5) is 46.3. The molecule has 0 bridgehead atoms. The molecule has 0 atom stereocenters. The Balaban J connectivity index is 1.75. The third-order valence-corrected chi connectivity index (χ3v) is 3.69. The van der Waals surface area contributed by atoms with E-state index in [1.54, 1.807) is 55.5 Å². The van der Waals surface area contributed by atoms with E-state index in [0.29, 0.717) is 29.1 Å². The fraction of sp³-hybridized carbons (Fsp3) is 0.238. The molecule has 0 aliphatic rings. The molecule has 0 aliphatic carbocycles. The number of esters is 1. The minimum Gasteiger partial charge on any atom is -0.482 e. The molecule has 0 aromatic heterocycles. The van der Waals surface area contributed by atoms with Crippen LogP contribution in [0.25, 0.3) is 0 Å². The average Bonchev–Trinajstić information content (AvgIpc) is 2.70. The van der Waals surface area contributed by atoms with Crippen LogP contribution in [0.1, 0.15) is 30.6 Å². The maximum absolute atomic E-state index is 11.9. The third kappa shape index (κ3) is 7.45. The second-order valence-corrected chi connectivity index (χ2v) is 6.06. The van der Waals surface area contributed by atoms with Crippen LogP contribution in [-0.2, 0) is 19.1 Å². The Hall–Kier alpha value is -3.68. The molecule has 152 valence electrons. The van der Waals surface area contributed by atoms with E-state index in [-0.39, 0.29) is 18.3 Å². The predicted octanol–water partition coefficient (Wildman–Crippen LogP) is 2.80. The molecule has 0 fully saturated rings. The lowest BCUT2D eigenvalue weighted by Crippen LogP contribution is -2.23. The van der Waals surface area contributed by atoms with Crippen LogP contribution in [0.2, 0.25) is 0 Å². The van der Waals surface area contributed by atoms with Gasteiger partial charge in [0.2, 0.25) is 5.91 Å². The summed E-state index contributed by atoms with van der Waals surface area (Å²) in [6.07, 6.45) is 0.409. The maximum Gasteiger partial charge on any atom is 0.344 e. The Labute approximate surface area is 168 Å². The summed E-state index contributed by atoms with van der Waals surface area (Å²) in [7, 11) is 0. The van der Waals surface area contributed by atoms with Crippen molar-refractivity contribution in [1.82, 2.24) is 0 Å². The monoisotopic (exact) mass is 398 g/mol. The van der Waals surface area contributed by atoms with Gasteiger partial charge in [-0.2, -0.15) is 0 Å². The Morgan fingerprint density at radius 2 is 1.55 bits per heavy atom. The Kier molecular flexibility index (Phi) is 7.90. The molecule has 0 spiro atoms. The van der Waals surface area contributed by atoms with E-state index < -0.39 is 18.5 Å². The lowest BCUT2D eigenvalue weighted by molar-refractivity contribution is -0.149. The fourth-order valence-electron chi connectivity index (χ4n) is 2.35. The van der Waals surface area contributed by atoms with Crippen LogP contribution in [0.15, 0.2) is 48.5 Å². The standard InChI is InChI=1S/C21H22N2O6/c1-3-19(25)15-7-9-18(10-8-15)28-13-21(27)29-12-20(26)23-17-6-4-5-16(11-17)22-14(2)24/h4-11H,3,12-13H2,1-2H3,(H,22,24)(H,23,26). The zero-order valence-corrected chi connectivity index (χ0v) is 16.2. The molecular weight excluding hydrogens is 376 g/mol. The number of amides is 2. The van der Waals surface area contributed by atoms with E-state index >= 15 is 0 Å². The lowest BCUT2D eigenvalue weighted by Gasteiger charge is -2.09. The first-order chi connectivity index (χ1) is 13.9. The smallest absolute Gasteiger partial charge is 0.344 e. The highest BCUT2D eigenvalue weighted by atomic mass is 16.6. The van der Waals surface area contributed by atoms with Crippen LogP contribution in [0, 0.1) is 0 Å². The molecule has 0 unspecified atom stereocenters. The minimum atomic E-state index is -0.708. The maximum atomic E-state index is 11.9. The van der Waals surface area contributed by atoms with Gasteiger partial charge in [-0.05, 0) is 42.5 Å². The van der Waals surface area contributed by atoms with Gasteiger partial charge < -0.3 is 20.1 Å². The summed E-state index contributed by atoms with van der Waals surface area (Å²) in [6.45, 7) is 2.31. The van der Waals surface area contributed by atoms with Gasteiger partial charge in [-0.25, -0.2) is 4.79 Å². The number of ketones is 1. The van der Waals surface area contributed by atoms with Crippen molar-refractivity contribution in [3.05, 3.63) is 54.1 Å². The van der Waals surface area contributed by atoms with E-state index in [4.69, 9.17) is 9.47 Å². The highest BCUT2D eigenvalue weighted by Crippen LogP contribution is 2.15. The number of anilines is 2. The molecule has 2 N–H and O–H groups in total. The van der Waals surface area contributed by atoms with Gasteiger partial charge in [-0.3, -0.25) is 14.4 Å². The molecule has 2 rings (SSSR count). The number of rotatable bonds is 9. The van der Waals surface area contributed by atoms with E-state index in [0.717, 1.165) is 0 Å². The normalized spacial score (nSPS) is 10.0. The number of benzene rings is 2. The van der Waals surface area contributed by atoms with Gasteiger partial charge in [0.05, 0.1) is 0 Å². The van der Waals surface area contributed by atoms with E-state index in [1.807, 2.05) is 0 Å². The van der Waals surface area contributed by atoms with Crippen molar-refractivity contribution in [2.75, 3.05) is 23.8 Å². The average molecular weight is 398 g/mol. The zero-order chi connectivity index (χ0) is 21.2. The first kappa shape index (κ1) is 21.6. The molecule has 0 saturated heterocycles. The number of nitrogens with one attached hydrogen (secondary N) is 2. The first-order valence-corrected chi connectivity index (χ1v) is 8.96. The quantitative estimate of drug-likeness (QED) is 0.496. The Morgan fingerprint density at radius 3 is 2.17 bits per heavy atom. The van der Waals surface area contributed by atoms with Crippen LogP contribution >= 0.6 is 0 Å². The van der Waals surface area contributed by atoms with Gasteiger partial charge in [-0.15, -0.1) is 0 Å². The van der Waals surface area contributed by atoms with Crippen molar-refractivity contribution in [2.45, 2.75) is 20.3 Å². The largest absolute Gasteiger partial charge is 0.482 e. The molecule has 29 heavy (non-hydrogen) atoms. The summed E-state index contributed by atoms with van der Waals surface area (Å²) in [5.74, 6) is -1.03. The number of hydrogen-bond donors (Lipinski definition) is 2. The van der Waals surface area contributed by atoms with Crippen LogP contribution < -0.4 is 15.4 Å². The highest BCUT2D eigenvalue weighted by Gasteiger charge is 2.10. The topological polar surface area (TPSA) is 111 Å². The van der Waals surface area contributed by atoms with Crippen LogP contribution in [0.4, 0.5) is 11.4 Å². The summed E-state index contributed by atoms with van der Waals surface area (Å²) in [6, 6.07) is 13.0. The minimum absolute atomic E-state index is 0.0181. The van der Waals surface area contributed by atoms with Crippen LogP contribution in [0.3, 0.4) is 0 Å². The summed E-state index contributed by atoms with van der Waals surface area (Å²) < 4.78 is 10.2. The Morgan fingerprint density at radius 1 is 0.897 bits per heavy atom. The van der Waals surface area contributed by atoms with Gasteiger partial charge >= 0.3 is 5.97 Å². The Bertz CT molecular complexity index is 892. The molecule has 2 aromatic rings. The second-order valence-electron chi connectivity index (χ2n) is 6.06. The molecule has 8 nitrogen and oxygen atoms in total. The van der Waals surface area contributed by atoms with Crippen molar-refractivity contribution in [2.24, 2.45) is 0 Å². The summed E-state index contributed by atoms with van der Waals surface area (Å²) in [5.41, 5.74) is 1.56. The third-order valence-electron chi connectivity index (χ3n) is 3.69. The molecule has 2 aromatic carbocycles. The number of carbonyl (C=O) groups excluding carboxylic acids is 4. The van der Waals surface area contributed by atoms with Crippen LogP contribution in [-0.4, -0.2) is 36.8 Å². The molecule has 0 saturated carbocycles. The molecule has 8 heteroatoms. The second kappa shape index (κ2) is 10.6. The van der Waals surface area contributed by atoms with Crippen molar-refractivity contribution < 1.29 is 28.7 Å². The van der Waals surface area contributed by atoms with Crippen molar-refractivity contribution in [3.63, 3.8) is 0 Å². The van der Waals surface area contributed by atoms with Gasteiger partial charge in [-0.1, -0.05) is 13.0 Å².